The van der Waals surface area contributed by atoms with Gasteiger partial charge in [0.2, 0.25) is 0 Å². The lowest BCUT2D eigenvalue weighted by Gasteiger charge is -2.19. The lowest BCUT2D eigenvalue weighted by molar-refractivity contribution is 0.343. The minimum Gasteiger partial charge on any atom is -0.130 e. The van der Waals surface area contributed by atoms with E-state index in [1.807, 2.05) is 32.9 Å². The van der Waals surface area contributed by atoms with Crippen LogP contribution in [0, 0.1) is 11.8 Å². The molecule has 0 aromatic carbocycles. The molecule has 0 aromatic heterocycles. The normalized spacial score (nSPS) is 10.7. The van der Waals surface area contributed by atoms with Gasteiger partial charge >= 0.3 is 0 Å². The summed E-state index contributed by atoms with van der Waals surface area (Å²) < 4.78 is 0. The molecule has 0 aromatic rings. The van der Waals surface area contributed by atoms with E-state index in [0.29, 0.717) is 0 Å². The van der Waals surface area contributed by atoms with Crippen LogP contribution in [-0.4, -0.2) is 0 Å². The molecule has 0 bridgehead atoms. The molecule has 0 saturated carbocycles. The Kier molecular flexibility index (Phi) is 104. The summed E-state index contributed by atoms with van der Waals surface area (Å²) in [7, 11) is 0. The first kappa shape index (κ1) is 78.9. The van der Waals surface area contributed by atoms with Crippen molar-refractivity contribution >= 4 is 0 Å². The van der Waals surface area contributed by atoms with E-state index in [1.165, 1.54) is 256 Å². The smallest absolute Gasteiger partial charge is 0.0209 e. The third-order valence-electron chi connectivity index (χ3n) is 12.2. The number of allylic oxidation sites excluding steroid dienone is 4. The van der Waals surface area contributed by atoms with Crippen LogP contribution in [0.5, 0.6) is 0 Å². The van der Waals surface area contributed by atoms with Gasteiger partial charge in [0.25, 0.3) is 0 Å². The molecule has 2 unspecified atom stereocenters. The van der Waals surface area contributed by atoms with Crippen LogP contribution in [0.3, 0.4) is 0 Å². The van der Waals surface area contributed by atoms with E-state index in [-0.39, 0.29) is 0 Å². The fourth-order valence-corrected chi connectivity index (χ4v) is 7.74. The van der Waals surface area contributed by atoms with Crippen molar-refractivity contribution in [2.24, 2.45) is 11.8 Å². The van der Waals surface area contributed by atoms with Gasteiger partial charge in [-0.2, -0.15) is 0 Å². The molecule has 0 amide bonds. The van der Waals surface area contributed by atoms with Crippen molar-refractivity contribution in [1.82, 2.24) is 0 Å². The van der Waals surface area contributed by atoms with E-state index in [1.54, 1.807) is 6.08 Å². The number of unbranched alkanes of at least 4 members (excludes halogenated alkanes) is 27. The first-order valence-electron chi connectivity index (χ1n) is 30.4. The minimum absolute atomic E-state index is 0.956. The second-order valence-corrected chi connectivity index (χ2v) is 19.2. The van der Waals surface area contributed by atoms with E-state index in [9.17, 15) is 0 Å². The van der Waals surface area contributed by atoms with Crippen LogP contribution in [0.4, 0.5) is 0 Å². The first-order valence-corrected chi connectivity index (χ1v) is 30.4. The Bertz CT molecular complexity index is 784. The molecule has 0 saturated heterocycles. The molecule has 0 N–H and O–H groups in total. The molecular formula is C66H136. The lowest BCUT2D eigenvalue weighted by Crippen LogP contribution is -2.04. The van der Waals surface area contributed by atoms with Crippen molar-refractivity contribution in [2.45, 2.75) is 360 Å². The summed E-state index contributed by atoms with van der Waals surface area (Å²) in [5.74, 6) is 1.98. The third kappa shape index (κ3) is 96.7. The fraction of sp³-hybridized carbons (Fsp3) is 0.864. The maximum Gasteiger partial charge on any atom is -0.0209 e. The summed E-state index contributed by atoms with van der Waals surface area (Å²) in [6.07, 6.45) is 64.4. The molecule has 0 rings (SSSR count). The molecule has 0 aliphatic heterocycles. The molecule has 0 fully saturated rings. The van der Waals surface area contributed by atoms with Gasteiger partial charge in [-0.3, -0.25) is 0 Å². The summed E-state index contributed by atoms with van der Waals surface area (Å²) >= 11 is 0. The van der Waals surface area contributed by atoms with Crippen LogP contribution in [0.1, 0.15) is 360 Å². The van der Waals surface area contributed by atoms with Crippen LogP contribution in [-0.2, 0) is 0 Å². The maximum absolute atomic E-state index is 3.75. The Morgan fingerprint density at radius 2 is 0.697 bits per heavy atom. The average molecular weight is 930 g/mol. The minimum atomic E-state index is 0.956. The highest BCUT2D eigenvalue weighted by Crippen LogP contribution is 2.25. The molecule has 2 atom stereocenters. The Labute approximate surface area is 425 Å². The Morgan fingerprint density at radius 1 is 0.379 bits per heavy atom. The van der Waals surface area contributed by atoms with Gasteiger partial charge in [-0.1, -0.05) is 345 Å². The molecule has 0 radical (unpaired) electrons. The summed E-state index contributed by atoms with van der Waals surface area (Å²) in [6.45, 7) is 43.0. The molecule has 0 heteroatoms. The standard InChI is InChI=1S/C24H50.C15H26.2C9H20.C4H8.C3H6.C2H6/c1-5-8-10-11-12-13-14-15-16-17-20-24(18-7-3)22-21-23(4)19-9-6-2;1-4-7-9-10-11-12-14-15(6-3)13-8-5-2;2*1-3-5-7-9-8-6-4-2;1-3-4-2;1-3-2;1-2/h23-24H,5-22H2,1-4H3;5H,2-4,7-14H2,1H3;2*3-9H2,1-2H3;3H,1,4H2,2H3;3H,1H2,2H3;1-2H3. The van der Waals surface area contributed by atoms with Gasteiger partial charge in [-0.15, -0.1) is 25.5 Å². The van der Waals surface area contributed by atoms with Crippen molar-refractivity contribution < 1.29 is 0 Å². The van der Waals surface area contributed by atoms with Crippen molar-refractivity contribution in [1.29, 1.82) is 0 Å². The highest BCUT2D eigenvalue weighted by Gasteiger charge is 2.10. The van der Waals surface area contributed by atoms with Crippen molar-refractivity contribution in [3.05, 3.63) is 55.8 Å². The average Bonchev–Trinajstić information content (AvgIpc) is 3.34. The van der Waals surface area contributed by atoms with E-state index < -0.39 is 0 Å². The van der Waals surface area contributed by atoms with Crippen LogP contribution in [0.15, 0.2) is 55.8 Å². The monoisotopic (exact) mass is 929 g/mol. The summed E-state index contributed by atoms with van der Waals surface area (Å²) in [5.41, 5.74) is 4.44. The summed E-state index contributed by atoms with van der Waals surface area (Å²) in [6, 6.07) is 0. The van der Waals surface area contributed by atoms with Gasteiger partial charge in [-0.05, 0) is 56.4 Å². The lowest BCUT2D eigenvalue weighted by atomic mass is 9.87. The van der Waals surface area contributed by atoms with Gasteiger partial charge in [0.1, 0.15) is 0 Å². The summed E-state index contributed by atoms with van der Waals surface area (Å²) in [4.78, 5) is 0. The number of rotatable bonds is 42. The van der Waals surface area contributed by atoms with E-state index in [4.69, 9.17) is 0 Å². The van der Waals surface area contributed by atoms with Crippen molar-refractivity contribution in [3.63, 3.8) is 0 Å². The summed E-state index contributed by atoms with van der Waals surface area (Å²) in [5, 5.41) is 0. The SMILES string of the molecule is C=C=C(CCC=C)CCCCCCCC.C=CC.C=CCC.CC.CCCCCCCCC.CCCCCCCCC.CCCCCCCCCCCCC(CCC)CCC(C)CCCC. The quantitative estimate of drug-likeness (QED) is 0.0325. The second-order valence-electron chi connectivity index (χ2n) is 19.2. The molecule has 0 spiro atoms. The number of hydrogen-bond acceptors (Lipinski definition) is 0. The van der Waals surface area contributed by atoms with Crippen LogP contribution >= 0.6 is 0 Å². The highest BCUT2D eigenvalue weighted by molar-refractivity contribution is 5.00. The van der Waals surface area contributed by atoms with Gasteiger partial charge in [0.05, 0.1) is 0 Å². The molecule has 0 aliphatic rings. The van der Waals surface area contributed by atoms with E-state index in [2.05, 4.69) is 101 Å². The van der Waals surface area contributed by atoms with Crippen LogP contribution < -0.4 is 0 Å². The molecule has 66 heavy (non-hydrogen) atoms. The molecule has 0 heterocycles. The van der Waals surface area contributed by atoms with Gasteiger partial charge in [0.15, 0.2) is 0 Å². The molecular weight excluding hydrogens is 793 g/mol. The molecule has 0 aliphatic carbocycles. The molecule has 400 valence electrons. The maximum atomic E-state index is 3.75. The topological polar surface area (TPSA) is 0 Å². The van der Waals surface area contributed by atoms with E-state index in [0.717, 1.165) is 31.1 Å². The predicted octanol–water partition coefficient (Wildman–Crippen LogP) is 26.0. The van der Waals surface area contributed by atoms with Crippen LogP contribution in [0.25, 0.3) is 0 Å². The van der Waals surface area contributed by atoms with Gasteiger partial charge in [0, 0.05) is 0 Å². The first-order chi connectivity index (χ1) is 32.2. The van der Waals surface area contributed by atoms with E-state index >= 15 is 0 Å². The van der Waals surface area contributed by atoms with Gasteiger partial charge < -0.3 is 0 Å². The Balaban J connectivity index is -0.000000141. The predicted molar refractivity (Wildman–Crippen MR) is 318 cm³/mol. The van der Waals surface area contributed by atoms with Crippen molar-refractivity contribution in [3.8, 4) is 0 Å². The Hall–Kier alpha value is -1.26. The zero-order chi connectivity index (χ0) is 51.3. The largest absolute Gasteiger partial charge is 0.130 e. The third-order valence-corrected chi connectivity index (χ3v) is 12.2. The van der Waals surface area contributed by atoms with Gasteiger partial charge in [-0.25, -0.2) is 0 Å². The Morgan fingerprint density at radius 3 is 0.985 bits per heavy atom. The van der Waals surface area contributed by atoms with Crippen LogP contribution in [0.2, 0.25) is 0 Å². The zero-order valence-electron chi connectivity index (χ0n) is 49.4. The fourth-order valence-electron chi connectivity index (χ4n) is 7.74. The van der Waals surface area contributed by atoms with Crippen molar-refractivity contribution in [2.75, 3.05) is 0 Å². The zero-order valence-corrected chi connectivity index (χ0v) is 49.4. The highest BCUT2D eigenvalue weighted by atomic mass is 14.2. The number of hydrogen-bond donors (Lipinski definition) is 0. The molecule has 0 nitrogen and oxygen atoms in total. The second kappa shape index (κ2) is 86.9.